The number of nitrogens with one attached hydrogen (secondary N) is 2. The van der Waals surface area contributed by atoms with Crippen molar-refractivity contribution < 1.29 is 32.6 Å². The Morgan fingerprint density at radius 2 is 1.58 bits per heavy atom. The maximum atomic E-state index is 12.8. The highest BCUT2D eigenvalue weighted by Gasteiger charge is 2.27. The first-order valence-electron chi connectivity index (χ1n) is 15.1. The Morgan fingerprint density at radius 3 is 2.29 bits per heavy atom. The quantitative estimate of drug-likeness (QED) is 0.133. The molecule has 6 rings (SSSR count). The van der Waals surface area contributed by atoms with Gasteiger partial charge in [0.15, 0.2) is 5.69 Å². The van der Waals surface area contributed by atoms with E-state index in [-0.39, 0.29) is 45.4 Å². The number of benzene rings is 4. The number of aromatic carboxylic acids is 1. The number of carboxylic acids is 1. The van der Waals surface area contributed by atoms with E-state index in [9.17, 15) is 23.1 Å². The standard InChI is InChI=1S/C36H30N4O7S/c1-37-27-5-4-6-31(21-27)48(44,45)40-26-12-16-28(17-13-26)46-29-14-9-24-20-30(15-10-23(24)19-29)47-34-18-11-25(22-38-34)35(41)39-33-8-3-2-7-32(33)36(42)43/h2-11,14-15,18-22,26,28,40H,12-13,16-17H2,(H,39,41)(H,42,43). The molecule has 0 unspecified atom stereocenters. The normalized spacial score (nSPS) is 16.1. The van der Waals surface area contributed by atoms with Crippen LogP contribution in [0.5, 0.6) is 17.4 Å². The Morgan fingerprint density at radius 1 is 0.854 bits per heavy atom. The number of carboxylic acid groups (broad SMARTS) is 1. The van der Waals surface area contributed by atoms with E-state index in [1.807, 2.05) is 36.4 Å². The van der Waals surface area contributed by atoms with Crippen LogP contribution in [-0.4, -0.2) is 42.5 Å². The molecule has 242 valence electrons. The van der Waals surface area contributed by atoms with Gasteiger partial charge in [0, 0.05) is 18.3 Å². The summed E-state index contributed by atoms with van der Waals surface area (Å²) in [5, 5.41) is 13.8. The van der Waals surface area contributed by atoms with Crippen molar-refractivity contribution >= 4 is 44.0 Å². The highest BCUT2D eigenvalue weighted by Crippen LogP contribution is 2.30. The summed E-state index contributed by atoms with van der Waals surface area (Å²) in [6.07, 6.45) is 3.99. The second-order valence-corrected chi connectivity index (χ2v) is 13.0. The van der Waals surface area contributed by atoms with Crippen LogP contribution in [0.25, 0.3) is 15.6 Å². The number of nitrogens with zero attached hydrogens (tertiary/aromatic N) is 2. The fourth-order valence-electron chi connectivity index (χ4n) is 5.51. The van der Waals surface area contributed by atoms with Gasteiger partial charge in [-0.1, -0.05) is 36.4 Å². The van der Waals surface area contributed by atoms with E-state index in [1.54, 1.807) is 36.4 Å². The molecule has 0 bridgehead atoms. The molecular weight excluding hydrogens is 632 g/mol. The lowest BCUT2D eigenvalue weighted by atomic mass is 9.93. The first-order chi connectivity index (χ1) is 23.2. The second-order valence-electron chi connectivity index (χ2n) is 11.3. The summed E-state index contributed by atoms with van der Waals surface area (Å²) in [6, 6.07) is 26.4. The monoisotopic (exact) mass is 662 g/mol. The molecule has 11 nitrogen and oxygen atoms in total. The summed E-state index contributed by atoms with van der Waals surface area (Å²) in [4.78, 5) is 31.7. The van der Waals surface area contributed by atoms with Crippen LogP contribution >= 0.6 is 0 Å². The Hall–Kier alpha value is -5.77. The van der Waals surface area contributed by atoms with Crippen molar-refractivity contribution in [1.82, 2.24) is 9.71 Å². The average molecular weight is 663 g/mol. The molecule has 1 saturated carbocycles. The third-order valence-electron chi connectivity index (χ3n) is 7.97. The van der Waals surface area contributed by atoms with E-state index < -0.39 is 21.9 Å². The number of carbonyl (C=O) groups is 2. The largest absolute Gasteiger partial charge is 0.490 e. The predicted molar refractivity (Wildman–Crippen MR) is 179 cm³/mol. The number of hydrogen-bond acceptors (Lipinski definition) is 7. The summed E-state index contributed by atoms with van der Waals surface area (Å²) in [5.41, 5.74) is 0.701. The van der Waals surface area contributed by atoms with Crippen molar-refractivity contribution in [2.75, 3.05) is 5.32 Å². The molecule has 1 aliphatic rings. The molecule has 3 N–H and O–H groups in total. The number of aromatic nitrogens is 1. The number of carbonyl (C=O) groups excluding carboxylic acids is 1. The number of amides is 1. The second kappa shape index (κ2) is 13.9. The van der Waals surface area contributed by atoms with Gasteiger partial charge in [0.1, 0.15) is 11.5 Å². The topological polar surface area (TPSA) is 148 Å². The summed E-state index contributed by atoms with van der Waals surface area (Å²) in [5.74, 6) is -0.0801. The van der Waals surface area contributed by atoms with Gasteiger partial charge in [0.05, 0.1) is 34.4 Å². The average Bonchev–Trinajstić information content (AvgIpc) is 3.09. The lowest BCUT2D eigenvalue weighted by molar-refractivity contribution is 0.0698. The number of rotatable bonds is 10. The van der Waals surface area contributed by atoms with Crippen LogP contribution in [0, 0.1) is 6.57 Å². The third-order valence-corrected chi connectivity index (χ3v) is 9.48. The number of para-hydroxylation sites is 1. The number of fused-ring (bicyclic) bond motifs is 1. The van der Waals surface area contributed by atoms with Crippen molar-refractivity contribution in [3.8, 4) is 17.4 Å². The van der Waals surface area contributed by atoms with Crippen LogP contribution in [0.2, 0.25) is 0 Å². The molecule has 1 heterocycles. The zero-order valence-corrected chi connectivity index (χ0v) is 26.3. The predicted octanol–water partition coefficient (Wildman–Crippen LogP) is 7.20. The maximum Gasteiger partial charge on any atom is 0.337 e. The van der Waals surface area contributed by atoms with Crippen molar-refractivity contribution in [3.63, 3.8) is 0 Å². The Bertz CT molecular complexity index is 2140. The SMILES string of the molecule is [C-]#[N+]c1cccc(S(=O)(=O)NC2CCC(Oc3ccc4cc(Oc5ccc(C(=O)Nc6ccccc6C(=O)O)cn5)ccc4c3)CC2)c1. The van der Waals surface area contributed by atoms with E-state index in [0.717, 1.165) is 16.5 Å². The van der Waals surface area contributed by atoms with Gasteiger partial charge in [-0.25, -0.2) is 27.8 Å². The van der Waals surface area contributed by atoms with Gasteiger partial charge in [-0.2, -0.15) is 0 Å². The Kier molecular flexibility index (Phi) is 9.33. The van der Waals surface area contributed by atoms with E-state index in [1.165, 1.54) is 30.5 Å². The molecule has 0 spiro atoms. The Labute approximate surface area is 277 Å². The van der Waals surface area contributed by atoms with E-state index in [0.29, 0.717) is 31.4 Å². The fraction of sp³-hybridized carbons (Fsp3) is 0.167. The number of ether oxygens (including phenoxy) is 2. The van der Waals surface area contributed by atoms with E-state index in [4.69, 9.17) is 16.0 Å². The molecule has 0 atom stereocenters. The molecule has 5 aromatic rings. The van der Waals surface area contributed by atoms with Gasteiger partial charge in [-0.05, 0) is 91.1 Å². The van der Waals surface area contributed by atoms with Crippen LogP contribution in [0.1, 0.15) is 46.4 Å². The lowest BCUT2D eigenvalue weighted by Crippen LogP contribution is -2.39. The van der Waals surface area contributed by atoms with Gasteiger partial charge >= 0.3 is 5.97 Å². The highest BCUT2D eigenvalue weighted by molar-refractivity contribution is 7.89. The fourth-order valence-corrected chi connectivity index (χ4v) is 6.85. The van der Waals surface area contributed by atoms with Gasteiger partial charge < -0.3 is 19.9 Å². The molecule has 1 fully saturated rings. The van der Waals surface area contributed by atoms with Crippen LogP contribution in [0.4, 0.5) is 11.4 Å². The summed E-state index contributed by atoms with van der Waals surface area (Å²) in [6.45, 7) is 7.13. The molecule has 1 amide bonds. The molecular formula is C36H30N4O7S. The van der Waals surface area contributed by atoms with E-state index in [2.05, 4.69) is 19.9 Å². The van der Waals surface area contributed by atoms with Crippen LogP contribution in [0.15, 0.2) is 108 Å². The number of hydrogen-bond donors (Lipinski definition) is 3. The van der Waals surface area contributed by atoms with Gasteiger partial charge in [-0.3, -0.25) is 4.79 Å². The van der Waals surface area contributed by atoms with Crippen LogP contribution in [0.3, 0.4) is 0 Å². The lowest BCUT2D eigenvalue weighted by Gasteiger charge is -2.29. The van der Waals surface area contributed by atoms with E-state index >= 15 is 0 Å². The van der Waals surface area contributed by atoms with Crippen molar-refractivity contribution in [3.05, 3.63) is 126 Å². The minimum Gasteiger partial charge on any atom is -0.490 e. The summed E-state index contributed by atoms with van der Waals surface area (Å²) >= 11 is 0. The maximum absolute atomic E-state index is 12.8. The smallest absolute Gasteiger partial charge is 0.337 e. The number of anilines is 1. The van der Waals surface area contributed by atoms with Crippen molar-refractivity contribution in [2.24, 2.45) is 0 Å². The number of sulfonamides is 1. The van der Waals surface area contributed by atoms with Gasteiger partial charge in [0.2, 0.25) is 15.9 Å². The minimum atomic E-state index is -3.72. The first kappa shape index (κ1) is 32.2. The minimum absolute atomic E-state index is 0.0124. The zero-order chi connectivity index (χ0) is 33.7. The Balaban J connectivity index is 1.02. The molecule has 0 radical (unpaired) electrons. The molecule has 1 aliphatic carbocycles. The zero-order valence-electron chi connectivity index (χ0n) is 25.5. The molecule has 12 heteroatoms. The third kappa shape index (κ3) is 7.60. The van der Waals surface area contributed by atoms with Crippen molar-refractivity contribution in [2.45, 2.75) is 42.7 Å². The molecule has 0 saturated heterocycles. The molecule has 1 aromatic heterocycles. The molecule has 4 aromatic carbocycles. The van der Waals surface area contributed by atoms with Gasteiger partial charge in [-0.15, -0.1) is 0 Å². The number of pyridine rings is 1. The summed E-state index contributed by atoms with van der Waals surface area (Å²) < 4.78 is 40.6. The summed E-state index contributed by atoms with van der Waals surface area (Å²) in [7, 11) is -3.72. The highest BCUT2D eigenvalue weighted by atomic mass is 32.2. The van der Waals surface area contributed by atoms with Gasteiger partial charge in [0.25, 0.3) is 5.91 Å². The van der Waals surface area contributed by atoms with Crippen LogP contribution < -0.4 is 19.5 Å². The van der Waals surface area contributed by atoms with Crippen LogP contribution in [-0.2, 0) is 10.0 Å². The molecule has 0 aliphatic heterocycles. The molecule has 48 heavy (non-hydrogen) atoms. The first-order valence-corrected chi connectivity index (χ1v) is 16.6. The van der Waals surface area contributed by atoms with Crippen molar-refractivity contribution in [1.29, 1.82) is 0 Å².